The number of nitrogens with one attached hydrogen (secondary N) is 1. The molecule has 0 bridgehead atoms. The molecular formula is C10H23NO2. The summed E-state index contributed by atoms with van der Waals surface area (Å²) in [6, 6.07) is 0.224. The summed E-state index contributed by atoms with van der Waals surface area (Å²) in [6.45, 7) is 8.94. The average molecular weight is 189 g/mol. The predicted molar refractivity (Wildman–Crippen MR) is 54.8 cm³/mol. The summed E-state index contributed by atoms with van der Waals surface area (Å²) >= 11 is 0. The van der Waals surface area contributed by atoms with Crippen LogP contribution in [0.25, 0.3) is 0 Å². The van der Waals surface area contributed by atoms with Crippen LogP contribution in [0.2, 0.25) is 0 Å². The van der Waals surface area contributed by atoms with Gasteiger partial charge in [-0.25, -0.2) is 0 Å². The van der Waals surface area contributed by atoms with Crippen molar-refractivity contribution in [2.45, 2.75) is 33.2 Å². The first kappa shape index (κ1) is 12.9. The van der Waals surface area contributed by atoms with Crippen molar-refractivity contribution < 1.29 is 9.84 Å². The van der Waals surface area contributed by atoms with Crippen LogP contribution in [0.3, 0.4) is 0 Å². The molecule has 0 saturated heterocycles. The monoisotopic (exact) mass is 189 g/mol. The lowest BCUT2D eigenvalue weighted by Crippen LogP contribution is -2.37. The highest BCUT2D eigenvalue weighted by Crippen LogP contribution is 1.99. The maximum absolute atomic E-state index is 9.01. The van der Waals surface area contributed by atoms with Crippen LogP contribution in [-0.4, -0.2) is 37.5 Å². The minimum absolute atomic E-state index is 0.215. The fourth-order valence-electron chi connectivity index (χ4n) is 1.12. The first-order chi connectivity index (χ1) is 6.22. The highest BCUT2D eigenvalue weighted by atomic mass is 16.5. The second-order valence-corrected chi connectivity index (χ2v) is 3.54. The molecule has 0 radical (unpaired) electrons. The number of aliphatic hydroxyl groups is 1. The Kier molecular flexibility index (Phi) is 8.40. The summed E-state index contributed by atoms with van der Waals surface area (Å²) in [6.07, 6.45) is 1.01. The van der Waals surface area contributed by atoms with E-state index in [-0.39, 0.29) is 12.6 Å². The summed E-state index contributed by atoms with van der Waals surface area (Å²) in [5, 5.41) is 12.3. The highest BCUT2D eigenvalue weighted by molar-refractivity contribution is 4.68. The Morgan fingerprint density at radius 2 is 2.08 bits per heavy atom. The smallest absolute Gasteiger partial charge is 0.0587 e. The van der Waals surface area contributed by atoms with Gasteiger partial charge < -0.3 is 15.2 Å². The SMILES string of the molecule is CCOCCCN[C@H](CO)C(C)C. The number of hydrogen-bond acceptors (Lipinski definition) is 3. The number of aliphatic hydroxyl groups excluding tert-OH is 1. The van der Waals surface area contributed by atoms with Crippen LogP contribution in [0, 0.1) is 5.92 Å². The molecule has 0 heterocycles. The lowest BCUT2D eigenvalue weighted by Gasteiger charge is -2.19. The van der Waals surface area contributed by atoms with Crippen LogP contribution in [0.15, 0.2) is 0 Å². The van der Waals surface area contributed by atoms with Crippen molar-refractivity contribution in [1.29, 1.82) is 0 Å². The summed E-state index contributed by atoms with van der Waals surface area (Å²) in [7, 11) is 0. The average Bonchev–Trinajstić information content (AvgIpc) is 2.10. The van der Waals surface area contributed by atoms with Crippen molar-refractivity contribution in [3.05, 3.63) is 0 Å². The van der Waals surface area contributed by atoms with Gasteiger partial charge in [-0.05, 0) is 25.8 Å². The fraction of sp³-hybridized carbons (Fsp3) is 1.00. The zero-order valence-corrected chi connectivity index (χ0v) is 9.05. The van der Waals surface area contributed by atoms with E-state index in [4.69, 9.17) is 9.84 Å². The first-order valence-corrected chi connectivity index (χ1v) is 5.14. The quantitative estimate of drug-likeness (QED) is 0.560. The Morgan fingerprint density at radius 3 is 2.54 bits per heavy atom. The number of rotatable bonds is 8. The molecule has 80 valence electrons. The van der Waals surface area contributed by atoms with Gasteiger partial charge in [0.1, 0.15) is 0 Å². The predicted octanol–water partition coefficient (Wildman–Crippen LogP) is 1.02. The van der Waals surface area contributed by atoms with E-state index in [0.717, 1.165) is 26.2 Å². The van der Waals surface area contributed by atoms with E-state index < -0.39 is 0 Å². The maximum Gasteiger partial charge on any atom is 0.0587 e. The molecule has 0 aliphatic heterocycles. The van der Waals surface area contributed by atoms with Crippen molar-refractivity contribution in [3.8, 4) is 0 Å². The molecule has 0 saturated carbocycles. The van der Waals surface area contributed by atoms with Gasteiger partial charge in [-0.3, -0.25) is 0 Å². The third-order valence-corrected chi connectivity index (χ3v) is 2.08. The van der Waals surface area contributed by atoms with Crippen molar-refractivity contribution in [3.63, 3.8) is 0 Å². The molecule has 1 atom stereocenters. The van der Waals surface area contributed by atoms with Gasteiger partial charge in [0.15, 0.2) is 0 Å². The molecule has 0 rings (SSSR count). The molecule has 0 unspecified atom stereocenters. The van der Waals surface area contributed by atoms with Crippen LogP contribution < -0.4 is 5.32 Å². The van der Waals surface area contributed by atoms with Gasteiger partial charge in [-0.2, -0.15) is 0 Å². The Bertz CT molecular complexity index is 107. The summed E-state index contributed by atoms with van der Waals surface area (Å²) < 4.78 is 5.21. The Balaban J connectivity index is 3.28. The highest BCUT2D eigenvalue weighted by Gasteiger charge is 2.09. The third kappa shape index (κ3) is 6.99. The number of hydrogen-bond donors (Lipinski definition) is 2. The Morgan fingerprint density at radius 1 is 1.38 bits per heavy atom. The van der Waals surface area contributed by atoms with Crippen LogP contribution in [0.1, 0.15) is 27.2 Å². The van der Waals surface area contributed by atoms with Gasteiger partial charge in [-0.15, -0.1) is 0 Å². The summed E-state index contributed by atoms with van der Waals surface area (Å²) in [5.74, 6) is 0.483. The molecule has 0 fully saturated rings. The molecule has 0 aromatic carbocycles. The minimum atomic E-state index is 0.215. The molecule has 13 heavy (non-hydrogen) atoms. The largest absolute Gasteiger partial charge is 0.395 e. The van der Waals surface area contributed by atoms with Gasteiger partial charge in [0.2, 0.25) is 0 Å². The van der Waals surface area contributed by atoms with E-state index in [0.29, 0.717) is 5.92 Å². The van der Waals surface area contributed by atoms with Gasteiger partial charge in [-0.1, -0.05) is 13.8 Å². The molecule has 0 aliphatic carbocycles. The van der Waals surface area contributed by atoms with Crippen LogP contribution in [0.4, 0.5) is 0 Å². The minimum Gasteiger partial charge on any atom is -0.395 e. The standard InChI is InChI=1S/C10H23NO2/c1-4-13-7-5-6-11-10(8-12)9(2)3/h9-12H,4-8H2,1-3H3/t10-/m1/s1. The number of ether oxygens (including phenoxy) is 1. The van der Waals surface area contributed by atoms with Gasteiger partial charge in [0.05, 0.1) is 6.61 Å². The zero-order valence-electron chi connectivity index (χ0n) is 9.05. The normalized spacial score (nSPS) is 13.6. The maximum atomic E-state index is 9.01. The second-order valence-electron chi connectivity index (χ2n) is 3.54. The summed E-state index contributed by atoms with van der Waals surface area (Å²) in [5.41, 5.74) is 0. The van der Waals surface area contributed by atoms with Crippen LogP contribution in [-0.2, 0) is 4.74 Å². The van der Waals surface area contributed by atoms with Crippen LogP contribution in [0.5, 0.6) is 0 Å². The van der Waals surface area contributed by atoms with E-state index in [1.54, 1.807) is 0 Å². The van der Waals surface area contributed by atoms with E-state index in [2.05, 4.69) is 19.2 Å². The first-order valence-electron chi connectivity index (χ1n) is 5.14. The molecule has 3 heteroatoms. The Labute approximate surface area is 81.5 Å². The van der Waals surface area contributed by atoms with Gasteiger partial charge in [0.25, 0.3) is 0 Å². The third-order valence-electron chi connectivity index (χ3n) is 2.08. The fourth-order valence-corrected chi connectivity index (χ4v) is 1.12. The van der Waals surface area contributed by atoms with Crippen LogP contribution >= 0.6 is 0 Å². The second kappa shape index (κ2) is 8.48. The van der Waals surface area contributed by atoms with Gasteiger partial charge >= 0.3 is 0 Å². The van der Waals surface area contributed by atoms with E-state index in [1.165, 1.54) is 0 Å². The molecule has 0 aromatic heterocycles. The molecule has 0 aromatic rings. The molecule has 0 spiro atoms. The molecule has 0 aliphatic rings. The molecule has 3 nitrogen and oxygen atoms in total. The molecule has 0 amide bonds. The molecular weight excluding hydrogens is 166 g/mol. The lowest BCUT2D eigenvalue weighted by atomic mass is 10.1. The lowest BCUT2D eigenvalue weighted by molar-refractivity contribution is 0.140. The van der Waals surface area contributed by atoms with E-state index in [9.17, 15) is 0 Å². The van der Waals surface area contributed by atoms with Crippen molar-refractivity contribution in [1.82, 2.24) is 5.32 Å². The zero-order chi connectivity index (χ0) is 10.1. The van der Waals surface area contributed by atoms with Crippen molar-refractivity contribution in [2.75, 3.05) is 26.4 Å². The van der Waals surface area contributed by atoms with Crippen molar-refractivity contribution in [2.24, 2.45) is 5.92 Å². The Hall–Kier alpha value is -0.120. The topological polar surface area (TPSA) is 41.5 Å². The van der Waals surface area contributed by atoms with E-state index >= 15 is 0 Å². The van der Waals surface area contributed by atoms with E-state index in [1.807, 2.05) is 6.92 Å². The summed E-state index contributed by atoms with van der Waals surface area (Å²) in [4.78, 5) is 0. The molecule has 2 N–H and O–H groups in total. The van der Waals surface area contributed by atoms with Gasteiger partial charge in [0, 0.05) is 19.3 Å². The van der Waals surface area contributed by atoms with Crippen molar-refractivity contribution >= 4 is 0 Å².